The van der Waals surface area contributed by atoms with Crippen LogP contribution in [0.1, 0.15) is 23.2 Å². The van der Waals surface area contributed by atoms with Crippen molar-refractivity contribution in [2.75, 3.05) is 6.54 Å². The number of nitrogens with zero attached hydrogens (tertiary/aromatic N) is 1. The van der Waals surface area contributed by atoms with Gasteiger partial charge in [-0.2, -0.15) is 0 Å². The summed E-state index contributed by atoms with van der Waals surface area (Å²) in [5.74, 6) is -0.0244. The second kappa shape index (κ2) is 5.00. The molecule has 0 spiro atoms. The highest BCUT2D eigenvalue weighted by Gasteiger charge is 2.21. The smallest absolute Gasteiger partial charge is 0.253 e. The molecule has 20 heavy (non-hydrogen) atoms. The van der Waals surface area contributed by atoms with Crippen LogP contribution in [0.5, 0.6) is 0 Å². The Balaban J connectivity index is 1.81. The second-order valence-electron chi connectivity index (χ2n) is 5.18. The van der Waals surface area contributed by atoms with Crippen molar-refractivity contribution in [3.05, 3.63) is 36.0 Å². The SMILES string of the molecule is Cn1cc(C(=O)NC2CCC(=O)NC2)c2ccccc21. The molecule has 1 saturated heterocycles. The van der Waals surface area contributed by atoms with E-state index in [1.165, 1.54) is 0 Å². The number of carbonyl (C=O) groups is 2. The van der Waals surface area contributed by atoms with Crippen molar-refractivity contribution in [2.24, 2.45) is 7.05 Å². The number of hydrogen-bond acceptors (Lipinski definition) is 2. The highest BCUT2D eigenvalue weighted by Crippen LogP contribution is 2.20. The van der Waals surface area contributed by atoms with Gasteiger partial charge in [0.15, 0.2) is 0 Å². The highest BCUT2D eigenvalue weighted by atomic mass is 16.2. The number of hydrogen-bond donors (Lipinski definition) is 2. The van der Waals surface area contributed by atoms with Gasteiger partial charge in [0.25, 0.3) is 5.91 Å². The zero-order valence-electron chi connectivity index (χ0n) is 11.3. The lowest BCUT2D eigenvalue weighted by molar-refractivity contribution is -0.122. The average Bonchev–Trinajstić information content (AvgIpc) is 2.79. The lowest BCUT2D eigenvalue weighted by Gasteiger charge is -2.23. The molecule has 2 heterocycles. The zero-order chi connectivity index (χ0) is 14.1. The average molecular weight is 271 g/mol. The Morgan fingerprint density at radius 1 is 1.40 bits per heavy atom. The lowest BCUT2D eigenvalue weighted by atomic mass is 10.1. The van der Waals surface area contributed by atoms with Crippen LogP contribution >= 0.6 is 0 Å². The van der Waals surface area contributed by atoms with Gasteiger partial charge < -0.3 is 15.2 Å². The minimum absolute atomic E-state index is 0.0131. The van der Waals surface area contributed by atoms with E-state index in [9.17, 15) is 9.59 Å². The normalized spacial score (nSPS) is 18.9. The number of para-hydroxylation sites is 1. The summed E-state index contributed by atoms with van der Waals surface area (Å²) in [6.07, 6.45) is 3.02. The predicted molar refractivity (Wildman–Crippen MR) is 76.4 cm³/mol. The Hall–Kier alpha value is -2.30. The summed E-state index contributed by atoms with van der Waals surface area (Å²) in [6.45, 7) is 0.509. The number of piperidine rings is 1. The van der Waals surface area contributed by atoms with Crippen LogP contribution in [-0.2, 0) is 11.8 Å². The summed E-state index contributed by atoms with van der Waals surface area (Å²) in [5, 5.41) is 6.72. The zero-order valence-corrected chi connectivity index (χ0v) is 11.3. The van der Waals surface area contributed by atoms with Crippen molar-refractivity contribution < 1.29 is 9.59 Å². The molecule has 0 bridgehead atoms. The van der Waals surface area contributed by atoms with Crippen LogP contribution in [0.4, 0.5) is 0 Å². The molecule has 0 radical (unpaired) electrons. The lowest BCUT2D eigenvalue weighted by Crippen LogP contribution is -2.47. The van der Waals surface area contributed by atoms with E-state index in [-0.39, 0.29) is 17.9 Å². The van der Waals surface area contributed by atoms with Crippen LogP contribution in [0, 0.1) is 0 Å². The first kappa shape index (κ1) is 12.7. The third-order valence-corrected chi connectivity index (χ3v) is 3.74. The van der Waals surface area contributed by atoms with Gasteiger partial charge >= 0.3 is 0 Å². The second-order valence-corrected chi connectivity index (χ2v) is 5.18. The fraction of sp³-hybridized carbons (Fsp3) is 0.333. The van der Waals surface area contributed by atoms with Crippen molar-refractivity contribution in [1.82, 2.24) is 15.2 Å². The molecule has 1 atom stereocenters. The number of aryl methyl sites for hydroxylation is 1. The number of amides is 2. The third-order valence-electron chi connectivity index (χ3n) is 3.74. The van der Waals surface area contributed by atoms with Crippen molar-refractivity contribution in [3.8, 4) is 0 Å². The summed E-state index contributed by atoms with van der Waals surface area (Å²) in [5.41, 5.74) is 1.72. The fourth-order valence-electron chi connectivity index (χ4n) is 2.64. The minimum atomic E-state index is -0.0806. The van der Waals surface area contributed by atoms with E-state index in [0.717, 1.165) is 10.9 Å². The van der Waals surface area contributed by atoms with Crippen molar-refractivity contribution in [3.63, 3.8) is 0 Å². The minimum Gasteiger partial charge on any atom is -0.354 e. The first-order valence-corrected chi connectivity index (χ1v) is 6.77. The van der Waals surface area contributed by atoms with Gasteiger partial charge in [0.1, 0.15) is 0 Å². The molecule has 5 heteroatoms. The number of rotatable bonds is 2. The van der Waals surface area contributed by atoms with E-state index < -0.39 is 0 Å². The van der Waals surface area contributed by atoms with Gasteiger partial charge in [0, 0.05) is 43.2 Å². The van der Waals surface area contributed by atoms with Crippen LogP contribution in [0.25, 0.3) is 10.9 Å². The number of benzene rings is 1. The van der Waals surface area contributed by atoms with E-state index in [1.54, 1.807) is 0 Å². The van der Waals surface area contributed by atoms with Gasteiger partial charge in [-0.1, -0.05) is 18.2 Å². The molecule has 2 amide bonds. The summed E-state index contributed by atoms with van der Waals surface area (Å²) >= 11 is 0. The third kappa shape index (κ3) is 2.27. The number of nitrogens with one attached hydrogen (secondary N) is 2. The van der Waals surface area contributed by atoms with Crippen molar-refractivity contribution in [2.45, 2.75) is 18.9 Å². The van der Waals surface area contributed by atoms with Gasteiger partial charge in [0.2, 0.25) is 5.91 Å². The highest BCUT2D eigenvalue weighted by molar-refractivity contribution is 6.07. The van der Waals surface area contributed by atoms with E-state index in [1.807, 2.05) is 42.1 Å². The molecular formula is C15H17N3O2. The number of aromatic nitrogens is 1. The number of carbonyl (C=O) groups excluding carboxylic acids is 2. The quantitative estimate of drug-likeness (QED) is 0.861. The molecule has 0 aliphatic carbocycles. The molecule has 2 aromatic rings. The van der Waals surface area contributed by atoms with Crippen LogP contribution in [-0.4, -0.2) is 29.0 Å². The Morgan fingerprint density at radius 2 is 2.20 bits per heavy atom. The Kier molecular flexibility index (Phi) is 3.18. The Bertz CT molecular complexity index is 665. The van der Waals surface area contributed by atoms with Crippen molar-refractivity contribution >= 4 is 22.7 Å². The topological polar surface area (TPSA) is 63.1 Å². The molecule has 2 N–H and O–H groups in total. The first-order chi connectivity index (χ1) is 9.65. The molecule has 1 aromatic heterocycles. The molecule has 1 unspecified atom stereocenters. The standard InChI is InChI=1S/C15H17N3O2/c1-18-9-12(11-4-2-3-5-13(11)18)15(20)17-10-6-7-14(19)16-8-10/h2-5,9-10H,6-8H2,1H3,(H,16,19)(H,17,20). The Labute approximate surface area is 117 Å². The monoisotopic (exact) mass is 271 g/mol. The Morgan fingerprint density at radius 3 is 2.95 bits per heavy atom. The van der Waals surface area contributed by atoms with Gasteiger partial charge in [0.05, 0.1) is 5.56 Å². The molecule has 1 fully saturated rings. The molecule has 1 aliphatic heterocycles. The van der Waals surface area contributed by atoms with Crippen molar-refractivity contribution in [1.29, 1.82) is 0 Å². The van der Waals surface area contributed by atoms with E-state index >= 15 is 0 Å². The molecule has 1 aliphatic rings. The van der Waals surface area contributed by atoms with E-state index in [0.29, 0.717) is 24.9 Å². The largest absolute Gasteiger partial charge is 0.354 e. The molecule has 5 nitrogen and oxygen atoms in total. The maximum Gasteiger partial charge on any atom is 0.253 e. The molecule has 0 saturated carbocycles. The summed E-state index contributed by atoms with van der Waals surface area (Å²) in [6, 6.07) is 7.85. The summed E-state index contributed by atoms with van der Waals surface area (Å²) < 4.78 is 1.95. The van der Waals surface area contributed by atoms with Gasteiger partial charge in [-0.3, -0.25) is 9.59 Å². The van der Waals surface area contributed by atoms with E-state index in [2.05, 4.69) is 10.6 Å². The summed E-state index contributed by atoms with van der Waals surface area (Å²) in [7, 11) is 1.93. The van der Waals surface area contributed by atoms with Crippen LogP contribution in [0.3, 0.4) is 0 Å². The summed E-state index contributed by atoms with van der Waals surface area (Å²) in [4.78, 5) is 23.5. The fourth-order valence-corrected chi connectivity index (χ4v) is 2.64. The molecule has 1 aromatic carbocycles. The van der Waals surface area contributed by atoms with Gasteiger partial charge in [-0.25, -0.2) is 0 Å². The van der Waals surface area contributed by atoms with Gasteiger partial charge in [-0.15, -0.1) is 0 Å². The maximum absolute atomic E-state index is 12.4. The van der Waals surface area contributed by atoms with Gasteiger partial charge in [-0.05, 0) is 12.5 Å². The molecular weight excluding hydrogens is 254 g/mol. The molecule has 3 rings (SSSR count). The van der Waals surface area contributed by atoms with Crippen LogP contribution in [0.15, 0.2) is 30.5 Å². The van der Waals surface area contributed by atoms with E-state index in [4.69, 9.17) is 0 Å². The van der Waals surface area contributed by atoms with Crippen LogP contribution in [0.2, 0.25) is 0 Å². The molecule has 104 valence electrons. The first-order valence-electron chi connectivity index (χ1n) is 6.77. The predicted octanol–water partition coefficient (Wildman–Crippen LogP) is 1.19. The number of fused-ring (bicyclic) bond motifs is 1. The van der Waals surface area contributed by atoms with Crippen LogP contribution < -0.4 is 10.6 Å². The maximum atomic E-state index is 12.4.